The summed E-state index contributed by atoms with van der Waals surface area (Å²) in [4.78, 5) is 28.3. The number of para-hydroxylation sites is 1. The summed E-state index contributed by atoms with van der Waals surface area (Å²) in [6.07, 6.45) is 5.28. The molecule has 2 amide bonds. The van der Waals surface area contributed by atoms with Crippen LogP contribution < -0.4 is 15.0 Å². The number of hydrogen-bond acceptors (Lipinski definition) is 4. The number of methoxy groups -OCH3 is 1. The van der Waals surface area contributed by atoms with Crippen LogP contribution in [-0.2, 0) is 6.42 Å². The number of nitrogens with one attached hydrogen (secondary N) is 1. The summed E-state index contributed by atoms with van der Waals surface area (Å²) in [5.74, 6) is -1.08. The molecule has 0 saturated carbocycles. The number of nitrogens with zero attached hydrogens (tertiary/aromatic N) is 2. The van der Waals surface area contributed by atoms with Gasteiger partial charge in [0.2, 0.25) is 0 Å². The predicted octanol–water partition coefficient (Wildman–Crippen LogP) is 6.56. The first kappa shape index (κ1) is 25.5. The lowest BCUT2D eigenvalue weighted by Crippen LogP contribution is -2.33. The molecule has 3 aromatic carbocycles. The maximum absolute atomic E-state index is 13.8. The molecule has 0 radical (unpaired) electrons. The highest BCUT2D eigenvalue weighted by molar-refractivity contribution is 6.34. The van der Waals surface area contributed by atoms with Gasteiger partial charge in [-0.1, -0.05) is 35.9 Å². The quantitative estimate of drug-likeness (QED) is 0.415. The van der Waals surface area contributed by atoms with E-state index < -0.39 is 11.7 Å². The fraction of sp³-hybridized carbons (Fsp3) is 0.233. The summed E-state index contributed by atoms with van der Waals surface area (Å²) >= 11 is 6.07. The number of carbonyl (C=O) groups is 2. The van der Waals surface area contributed by atoms with Gasteiger partial charge in [-0.05, 0) is 79.1 Å². The Morgan fingerprint density at radius 3 is 2.71 bits per heavy atom. The lowest BCUT2D eigenvalue weighted by molar-refractivity contribution is 0.0984. The number of anilines is 2. The van der Waals surface area contributed by atoms with Gasteiger partial charge in [-0.25, -0.2) is 4.39 Å². The van der Waals surface area contributed by atoms with Crippen LogP contribution in [0.25, 0.3) is 0 Å². The monoisotopic (exact) mass is 529 g/mol. The van der Waals surface area contributed by atoms with Gasteiger partial charge in [-0.2, -0.15) is 5.26 Å². The minimum absolute atomic E-state index is 0.00973. The van der Waals surface area contributed by atoms with Crippen molar-refractivity contribution in [1.29, 1.82) is 5.26 Å². The van der Waals surface area contributed by atoms with Crippen LogP contribution in [0.15, 0.2) is 72.3 Å². The van der Waals surface area contributed by atoms with Crippen molar-refractivity contribution in [2.75, 3.05) is 23.9 Å². The zero-order valence-corrected chi connectivity index (χ0v) is 21.5. The standard InChI is InChI=1S/C30H25ClFN3O3/c1-38-27-14-20(6-9-25(27)34-28(36)23-15-22(32)7-8-24(23)31)29(37)35-13-12-30(11-10-19(16-30)18-33)17-21-4-2-3-5-26(21)35/h2-9,14-16H,10-13,17H2,1H3,(H,34,36)/t30-/m1/s1. The molecule has 6 nitrogen and oxygen atoms in total. The molecular formula is C30H25ClFN3O3. The average Bonchev–Trinajstić information content (AvgIpc) is 3.25. The summed E-state index contributed by atoms with van der Waals surface area (Å²) in [5.41, 5.74) is 3.30. The molecule has 0 bridgehead atoms. The van der Waals surface area contributed by atoms with Crippen molar-refractivity contribution < 1.29 is 18.7 Å². The minimum Gasteiger partial charge on any atom is -0.495 e. The fourth-order valence-electron chi connectivity index (χ4n) is 5.32. The summed E-state index contributed by atoms with van der Waals surface area (Å²) < 4.78 is 19.1. The number of rotatable bonds is 4. The van der Waals surface area contributed by atoms with Crippen molar-refractivity contribution in [2.24, 2.45) is 5.41 Å². The maximum atomic E-state index is 13.8. The van der Waals surface area contributed by atoms with Crippen molar-refractivity contribution in [3.63, 3.8) is 0 Å². The van der Waals surface area contributed by atoms with Gasteiger partial charge >= 0.3 is 0 Å². The summed E-state index contributed by atoms with van der Waals surface area (Å²) in [7, 11) is 1.44. The molecule has 1 aliphatic heterocycles. The van der Waals surface area contributed by atoms with E-state index in [1.54, 1.807) is 23.1 Å². The number of nitriles is 1. The van der Waals surface area contributed by atoms with Crippen molar-refractivity contribution in [3.8, 4) is 11.8 Å². The van der Waals surface area contributed by atoms with Gasteiger partial charge in [-0.3, -0.25) is 9.59 Å². The molecule has 1 aliphatic carbocycles. The van der Waals surface area contributed by atoms with E-state index in [4.69, 9.17) is 16.3 Å². The van der Waals surface area contributed by atoms with Gasteiger partial charge in [0.05, 0.1) is 29.5 Å². The molecule has 1 spiro atoms. The molecule has 5 rings (SSSR count). The third-order valence-corrected chi connectivity index (χ3v) is 7.62. The molecule has 0 fully saturated rings. The van der Waals surface area contributed by atoms with Crippen LogP contribution in [0.5, 0.6) is 5.75 Å². The van der Waals surface area contributed by atoms with E-state index in [-0.39, 0.29) is 27.7 Å². The van der Waals surface area contributed by atoms with Crippen molar-refractivity contribution in [1.82, 2.24) is 0 Å². The Balaban J connectivity index is 1.42. The molecule has 8 heteroatoms. The Morgan fingerprint density at radius 1 is 1.13 bits per heavy atom. The molecule has 1 N–H and O–H groups in total. The van der Waals surface area contributed by atoms with Gasteiger partial charge in [-0.15, -0.1) is 0 Å². The fourth-order valence-corrected chi connectivity index (χ4v) is 5.53. The van der Waals surface area contributed by atoms with Crippen LogP contribution >= 0.6 is 11.6 Å². The van der Waals surface area contributed by atoms with Gasteiger partial charge in [0, 0.05) is 23.4 Å². The van der Waals surface area contributed by atoms with Gasteiger partial charge in [0.25, 0.3) is 11.8 Å². The van der Waals surface area contributed by atoms with Crippen LogP contribution in [0.2, 0.25) is 5.02 Å². The topological polar surface area (TPSA) is 82.4 Å². The second kappa shape index (κ2) is 10.3. The number of fused-ring (bicyclic) bond motifs is 1. The summed E-state index contributed by atoms with van der Waals surface area (Å²) in [5, 5.41) is 12.2. The second-order valence-corrected chi connectivity index (χ2v) is 10.1. The Hall–Kier alpha value is -4.15. The molecule has 3 aromatic rings. The van der Waals surface area contributed by atoms with Gasteiger partial charge < -0.3 is 15.0 Å². The van der Waals surface area contributed by atoms with E-state index in [1.807, 2.05) is 24.3 Å². The van der Waals surface area contributed by atoms with E-state index in [0.29, 0.717) is 17.8 Å². The third kappa shape index (κ3) is 4.88. The first-order valence-corrected chi connectivity index (χ1v) is 12.7. The smallest absolute Gasteiger partial charge is 0.258 e. The molecule has 2 aliphatic rings. The number of carbonyl (C=O) groups excluding carboxylic acids is 2. The Kier molecular flexibility index (Phi) is 6.92. The Morgan fingerprint density at radius 2 is 1.95 bits per heavy atom. The molecule has 0 saturated heterocycles. The van der Waals surface area contributed by atoms with Gasteiger partial charge in [0.1, 0.15) is 11.6 Å². The Bertz CT molecular complexity index is 1510. The number of amides is 2. The first-order chi connectivity index (χ1) is 18.3. The van der Waals surface area contributed by atoms with Crippen molar-refractivity contribution in [2.45, 2.75) is 25.7 Å². The minimum atomic E-state index is -0.597. The largest absolute Gasteiger partial charge is 0.495 e. The molecule has 0 unspecified atom stereocenters. The Labute approximate surface area is 225 Å². The average molecular weight is 530 g/mol. The lowest BCUT2D eigenvalue weighted by Gasteiger charge is -2.26. The molecule has 1 atom stereocenters. The molecular weight excluding hydrogens is 505 g/mol. The van der Waals surface area contributed by atoms with E-state index in [9.17, 15) is 19.2 Å². The van der Waals surface area contributed by atoms with Crippen LogP contribution in [-0.4, -0.2) is 25.5 Å². The number of benzene rings is 3. The second-order valence-electron chi connectivity index (χ2n) is 9.65. The van der Waals surface area contributed by atoms with Crippen LogP contribution in [0.3, 0.4) is 0 Å². The predicted molar refractivity (Wildman–Crippen MR) is 144 cm³/mol. The van der Waals surface area contributed by atoms with Crippen molar-refractivity contribution in [3.05, 3.63) is 99.8 Å². The zero-order chi connectivity index (χ0) is 26.9. The van der Waals surface area contributed by atoms with Crippen molar-refractivity contribution >= 4 is 34.8 Å². The van der Waals surface area contributed by atoms with E-state index in [2.05, 4.69) is 17.5 Å². The molecule has 1 heterocycles. The highest BCUT2D eigenvalue weighted by Crippen LogP contribution is 2.46. The van der Waals surface area contributed by atoms with Crippen LogP contribution in [0, 0.1) is 22.6 Å². The normalized spacial score (nSPS) is 18.3. The highest BCUT2D eigenvalue weighted by atomic mass is 35.5. The lowest BCUT2D eigenvalue weighted by atomic mass is 9.79. The number of allylic oxidation sites excluding steroid dienone is 2. The van der Waals surface area contributed by atoms with E-state index in [1.165, 1.54) is 19.2 Å². The van der Waals surface area contributed by atoms with Gasteiger partial charge in [0.15, 0.2) is 0 Å². The molecule has 0 aromatic heterocycles. The van der Waals surface area contributed by atoms with Crippen LogP contribution in [0.4, 0.5) is 15.8 Å². The maximum Gasteiger partial charge on any atom is 0.258 e. The zero-order valence-electron chi connectivity index (χ0n) is 20.8. The van der Waals surface area contributed by atoms with Crippen LogP contribution in [0.1, 0.15) is 45.5 Å². The van der Waals surface area contributed by atoms with E-state index >= 15 is 0 Å². The molecule has 38 heavy (non-hydrogen) atoms. The highest BCUT2D eigenvalue weighted by Gasteiger charge is 2.38. The first-order valence-electron chi connectivity index (χ1n) is 12.3. The number of halogens is 2. The third-order valence-electron chi connectivity index (χ3n) is 7.29. The SMILES string of the molecule is COc1cc(C(=O)N2CC[C@]3(C=C(C#N)CC3)Cc3ccccc32)ccc1NC(=O)c1cc(F)ccc1Cl. The van der Waals surface area contributed by atoms with E-state index in [0.717, 1.165) is 48.6 Å². The number of ether oxygens (including phenoxy) is 1. The summed E-state index contributed by atoms with van der Waals surface area (Å²) in [6.45, 7) is 0.504. The number of hydrogen-bond donors (Lipinski definition) is 1. The molecule has 192 valence electrons. The summed E-state index contributed by atoms with van der Waals surface area (Å²) in [6, 6.07) is 18.5.